The van der Waals surface area contributed by atoms with Gasteiger partial charge in [-0.1, -0.05) is 37.3 Å². The first kappa shape index (κ1) is 17.9. The molecule has 2 N–H and O–H groups in total. The van der Waals surface area contributed by atoms with E-state index in [1.807, 2.05) is 0 Å². The van der Waals surface area contributed by atoms with E-state index in [9.17, 15) is 8.42 Å². The van der Waals surface area contributed by atoms with Crippen LogP contribution in [-0.4, -0.2) is 31.7 Å². The summed E-state index contributed by atoms with van der Waals surface area (Å²) in [5.41, 5.74) is 0.420. The van der Waals surface area contributed by atoms with Gasteiger partial charge in [-0.3, -0.25) is 0 Å². The van der Waals surface area contributed by atoms with Crippen molar-refractivity contribution >= 4 is 10.0 Å². The molecular formula is C17H29N3O3S. The minimum absolute atomic E-state index is 0.0332. The smallest absolute Gasteiger partial charge is 0.246 e. The van der Waals surface area contributed by atoms with Gasteiger partial charge in [0, 0.05) is 18.1 Å². The van der Waals surface area contributed by atoms with E-state index in [1.54, 1.807) is 13.8 Å². The Morgan fingerprint density at radius 1 is 0.958 bits per heavy atom. The topological polar surface area (TPSA) is 84.2 Å². The molecule has 2 aliphatic carbocycles. The molecule has 1 heterocycles. The Labute approximate surface area is 144 Å². The number of aryl methyl sites for hydroxylation is 2. The normalized spacial score (nSPS) is 26.6. The Morgan fingerprint density at radius 2 is 1.58 bits per heavy atom. The molecule has 1 aromatic rings. The Balaban J connectivity index is 1.59. The molecule has 24 heavy (non-hydrogen) atoms. The first-order valence-corrected chi connectivity index (χ1v) is 10.7. The molecule has 0 unspecified atom stereocenters. The summed E-state index contributed by atoms with van der Waals surface area (Å²) in [6.45, 7) is 3.30. The molecule has 2 saturated carbocycles. The average Bonchev–Trinajstić information content (AvgIpc) is 2.82. The highest BCUT2D eigenvalue weighted by molar-refractivity contribution is 7.89. The molecule has 0 aliphatic heterocycles. The summed E-state index contributed by atoms with van der Waals surface area (Å²) in [4.78, 5) is 0.194. The van der Waals surface area contributed by atoms with Crippen molar-refractivity contribution in [1.82, 2.24) is 15.2 Å². The minimum Gasteiger partial charge on any atom is -0.360 e. The summed E-state index contributed by atoms with van der Waals surface area (Å²) < 4.78 is 33.1. The average molecular weight is 356 g/mol. The van der Waals surface area contributed by atoms with Crippen molar-refractivity contribution < 1.29 is 12.9 Å². The van der Waals surface area contributed by atoms with E-state index in [0.29, 0.717) is 17.5 Å². The maximum atomic E-state index is 12.6. The molecule has 2 fully saturated rings. The van der Waals surface area contributed by atoms with Crippen LogP contribution in [0.3, 0.4) is 0 Å². The first-order chi connectivity index (χ1) is 11.5. The highest BCUT2D eigenvalue weighted by Gasteiger charge is 2.37. The van der Waals surface area contributed by atoms with Gasteiger partial charge in [-0.05, 0) is 39.5 Å². The number of hydrogen-bond acceptors (Lipinski definition) is 5. The van der Waals surface area contributed by atoms with E-state index in [0.717, 1.165) is 12.8 Å². The predicted octanol–water partition coefficient (Wildman–Crippen LogP) is 2.80. The number of nitrogens with zero attached hydrogens (tertiary/aromatic N) is 1. The lowest BCUT2D eigenvalue weighted by atomic mass is 9.85. The van der Waals surface area contributed by atoms with Crippen LogP contribution >= 0.6 is 0 Å². The van der Waals surface area contributed by atoms with Crippen LogP contribution in [0.25, 0.3) is 0 Å². The van der Waals surface area contributed by atoms with Crippen molar-refractivity contribution in [3.8, 4) is 0 Å². The molecule has 2 aliphatic rings. The van der Waals surface area contributed by atoms with Gasteiger partial charge >= 0.3 is 0 Å². The zero-order chi connectivity index (χ0) is 17.2. The summed E-state index contributed by atoms with van der Waals surface area (Å²) in [6.07, 6.45) is 10.9. The van der Waals surface area contributed by atoms with Crippen LogP contribution in [-0.2, 0) is 10.0 Å². The number of hydrogen-bond donors (Lipinski definition) is 2. The molecule has 3 rings (SSSR count). The van der Waals surface area contributed by atoms with E-state index < -0.39 is 10.0 Å². The standard InChI is InChI=1S/C17H29N3O3S/c1-12-17(13(2)23-19-12)24(21,22)20-16-11-10-15(16)18-14-8-6-4-3-5-7-9-14/h14-16,18,20H,3-11H2,1-2H3/t15-,16+/m1/s1. The summed E-state index contributed by atoms with van der Waals surface area (Å²) in [6, 6.07) is 0.737. The second kappa shape index (κ2) is 7.54. The van der Waals surface area contributed by atoms with Crippen molar-refractivity contribution in [3.63, 3.8) is 0 Å². The van der Waals surface area contributed by atoms with Crippen molar-refractivity contribution in [2.45, 2.75) is 94.7 Å². The van der Waals surface area contributed by atoms with E-state index in [1.165, 1.54) is 44.9 Å². The number of nitrogens with one attached hydrogen (secondary N) is 2. The minimum atomic E-state index is -3.57. The van der Waals surface area contributed by atoms with Gasteiger partial charge in [-0.15, -0.1) is 0 Å². The van der Waals surface area contributed by atoms with Crippen LogP contribution in [0, 0.1) is 13.8 Å². The Bertz CT molecular complexity index is 629. The van der Waals surface area contributed by atoms with Crippen LogP contribution in [0.15, 0.2) is 9.42 Å². The molecule has 0 aromatic carbocycles. The van der Waals surface area contributed by atoms with Crippen LogP contribution in [0.4, 0.5) is 0 Å². The molecule has 7 heteroatoms. The van der Waals surface area contributed by atoms with E-state index >= 15 is 0 Å². The number of aromatic nitrogens is 1. The maximum Gasteiger partial charge on any atom is 0.246 e. The third-order valence-electron chi connectivity index (χ3n) is 5.37. The summed E-state index contributed by atoms with van der Waals surface area (Å²) in [7, 11) is -3.57. The second-order valence-electron chi connectivity index (χ2n) is 7.27. The van der Waals surface area contributed by atoms with Crippen molar-refractivity contribution in [1.29, 1.82) is 0 Å². The van der Waals surface area contributed by atoms with Gasteiger partial charge in [0.1, 0.15) is 10.6 Å². The van der Waals surface area contributed by atoms with Crippen molar-refractivity contribution in [2.75, 3.05) is 0 Å². The molecule has 0 amide bonds. The monoisotopic (exact) mass is 355 g/mol. The summed E-state index contributed by atoms with van der Waals surface area (Å²) in [5.74, 6) is 0.351. The second-order valence-corrected chi connectivity index (χ2v) is 8.92. The largest absolute Gasteiger partial charge is 0.360 e. The van der Waals surface area contributed by atoms with Gasteiger partial charge < -0.3 is 9.84 Å². The van der Waals surface area contributed by atoms with Gasteiger partial charge in [-0.25, -0.2) is 13.1 Å². The quantitative estimate of drug-likeness (QED) is 0.848. The van der Waals surface area contributed by atoms with Gasteiger partial charge in [0.2, 0.25) is 10.0 Å². The fourth-order valence-electron chi connectivity index (χ4n) is 3.88. The lowest BCUT2D eigenvalue weighted by molar-refractivity contribution is 0.227. The fourth-order valence-corrected chi connectivity index (χ4v) is 5.52. The lowest BCUT2D eigenvalue weighted by Crippen LogP contribution is -2.58. The zero-order valence-corrected chi connectivity index (χ0v) is 15.5. The van der Waals surface area contributed by atoms with Crippen LogP contribution in [0.5, 0.6) is 0 Å². The van der Waals surface area contributed by atoms with Crippen LogP contribution in [0.1, 0.15) is 69.2 Å². The highest BCUT2D eigenvalue weighted by Crippen LogP contribution is 2.27. The highest BCUT2D eigenvalue weighted by atomic mass is 32.2. The molecule has 0 saturated heterocycles. The van der Waals surface area contributed by atoms with Crippen LogP contribution in [0.2, 0.25) is 0 Å². The lowest BCUT2D eigenvalue weighted by Gasteiger charge is -2.40. The molecular weight excluding hydrogens is 326 g/mol. The van der Waals surface area contributed by atoms with Crippen molar-refractivity contribution in [3.05, 3.63) is 11.5 Å². The molecule has 6 nitrogen and oxygen atoms in total. The Morgan fingerprint density at radius 3 is 2.12 bits per heavy atom. The SMILES string of the molecule is Cc1noc(C)c1S(=O)(=O)N[C@H]1CC[C@H]1NC1CCCCCCC1. The molecule has 0 radical (unpaired) electrons. The maximum absolute atomic E-state index is 12.6. The molecule has 2 atom stereocenters. The third-order valence-corrected chi connectivity index (χ3v) is 7.11. The van der Waals surface area contributed by atoms with Gasteiger partial charge in [0.25, 0.3) is 0 Å². The predicted molar refractivity (Wildman–Crippen MR) is 92.4 cm³/mol. The van der Waals surface area contributed by atoms with E-state index in [4.69, 9.17) is 4.52 Å². The van der Waals surface area contributed by atoms with Crippen LogP contribution < -0.4 is 10.0 Å². The molecule has 0 spiro atoms. The van der Waals surface area contributed by atoms with Gasteiger partial charge in [0.15, 0.2) is 5.76 Å². The fraction of sp³-hybridized carbons (Fsp3) is 0.824. The summed E-state index contributed by atoms with van der Waals surface area (Å²) in [5, 5.41) is 7.46. The molecule has 0 bridgehead atoms. The summed E-state index contributed by atoms with van der Waals surface area (Å²) >= 11 is 0. The molecule has 1 aromatic heterocycles. The number of rotatable bonds is 5. The van der Waals surface area contributed by atoms with E-state index in [2.05, 4.69) is 15.2 Å². The van der Waals surface area contributed by atoms with E-state index in [-0.39, 0.29) is 17.0 Å². The molecule has 136 valence electrons. The number of sulfonamides is 1. The third kappa shape index (κ3) is 4.00. The van der Waals surface area contributed by atoms with Gasteiger partial charge in [-0.2, -0.15) is 0 Å². The van der Waals surface area contributed by atoms with Crippen molar-refractivity contribution in [2.24, 2.45) is 0 Å². The Kier molecular flexibility index (Phi) is 5.62. The van der Waals surface area contributed by atoms with Gasteiger partial charge in [0.05, 0.1) is 0 Å². The first-order valence-electron chi connectivity index (χ1n) is 9.18. The zero-order valence-electron chi connectivity index (χ0n) is 14.7. The Hall–Kier alpha value is -0.920.